The van der Waals surface area contributed by atoms with Crippen molar-refractivity contribution in [3.8, 4) is 0 Å². The molecule has 6 heteroatoms. The summed E-state index contributed by atoms with van der Waals surface area (Å²) in [4.78, 5) is 23.2. The molecule has 0 aromatic heterocycles. The summed E-state index contributed by atoms with van der Waals surface area (Å²) in [6, 6.07) is 6.00. The van der Waals surface area contributed by atoms with E-state index in [0.29, 0.717) is 0 Å². The number of nitrogens with two attached hydrogens (primary N) is 1. The summed E-state index contributed by atoms with van der Waals surface area (Å²) in [7, 11) is -3.82. The molecule has 1 aromatic carbocycles. The van der Waals surface area contributed by atoms with Crippen LogP contribution in [0.1, 0.15) is 20.7 Å². The molecule has 0 fully saturated rings. The molecular formula is C11H9NO4S. The van der Waals surface area contributed by atoms with E-state index in [-0.39, 0.29) is 11.1 Å². The molecular weight excluding hydrogens is 242 g/mol. The highest BCUT2D eigenvalue weighted by atomic mass is 32.2. The van der Waals surface area contributed by atoms with E-state index in [2.05, 4.69) is 0 Å². The second-order valence-corrected chi connectivity index (χ2v) is 5.67. The second kappa shape index (κ2) is 3.53. The van der Waals surface area contributed by atoms with Crippen molar-refractivity contribution in [3.05, 3.63) is 46.0 Å². The lowest BCUT2D eigenvalue weighted by Gasteiger charge is -2.16. The van der Waals surface area contributed by atoms with Gasteiger partial charge >= 0.3 is 0 Å². The molecule has 1 aliphatic rings. The molecule has 0 radical (unpaired) electrons. The van der Waals surface area contributed by atoms with E-state index in [0.717, 1.165) is 6.26 Å². The summed E-state index contributed by atoms with van der Waals surface area (Å²) in [5.74, 6) is -1.35. The molecule has 0 saturated carbocycles. The number of benzene rings is 1. The van der Waals surface area contributed by atoms with Crippen molar-refractivity contribution in [1.82, 2.24) is 0 Å². The van der Waals surface area contributed by atoms with Crippen molar-refractivity contribution in [2.24, 2.45) is 5.73 Å². The van der Waals surface area contributed by atoms with Crippen LogP contribution in [0.25, 0.3) is 0 Å². The highest BCUT2D eigenvalue weighted by Gasteiger charge is 2.35. The molecule has 0 spiro atoms. The fraction of sp³-hybridized carbons (Fsp3) is 0.0909. The minimum atomic E-state index is -3.82. The molecule has 1 aromatic rings. The zero-order valence-electron chi connectivity index (χ0n) is 8.93. The second-order valence-electron chi connectivity index (χ2n) is 3.72. The van der Waals surface area contributed by atoms with E-state index in [1.165, 1.54) is 12.1 Å². The van der Waals surface area contributed by atoms with Gasteiger partial charge in [0.25, 0.3) is 0 Å². The number of hydrogen-bond acceptors (Lipinski definition) is 5. The van der Waals surface area contributed by atoms with E-state index >= 15 is 0 Å². The summed E-state index contributed by atoms with van der Waals surface area (Å²) >= 11 is 0. The largest absolute Gasteiger partial charge is 0.394 e. The van der Waals surface area contributed by atoms with Crippen molar-refractivity contribution in [2.45, 2.75) is 0 Å². The fourth-order valence-corrected chi connectivity index (χ4v) is 2.68. The Balaban J connectivity index is 2.80. The van der Waals surface area contributed by atoms with Crippen LogP contribution in [0.2, 0.25) is 0 Å². The lowest BCUT2D eigenvalue weighted by molar-refractivity contribution is 0.0979. The normalized spacial score (nSPS) is 16.1. The van der Waals surface area contributed by atoms with Crippen LogP contribution in [0.4, 0.5) is 0 Å². The number of hydrogen-bond donors (Lipinski definition) is 1. The van der Waals surface area contributed by atoms with Crippen molar-refractivity contribution >= 4 is 21.4 Å². The van der Waals surface area contributed by atoms with Gasteiger partial charge < -0.3 is 5.73 Å². The van der Waals surface area contributed by atoms with Gasteiger partial charge in [-0.05, 0) is 0 Å². The first-order chi connectivity index (χ1) is 7.84. The molecule has 0 bridgehead atoms. The summed E-state index contributed by atoms with van der Waals surface area (Å²) in [5.41, 5.74) is 5.16. The molecule has 0 aliphatic heterocycles. The van der Waals surface area contributed by atoms with Crippen LogP contribution in [0.15, 0.2) is 34.9 Å². The van der Waals surface area contributed by atoms with Crippen LogP contribution in [0.5, 0.6) is 0 Å². The van der Waals surface area contributed by atoms with E-state index < -0.39 is 32.0 Å². The maximum absolute atomic E-state index is 12.0. The van der Waals surface area contributed by atoms with E-state index in [1.807, 2.05) is 0 Å². The van der Waals surface area contributed by atoms with Crippen LogP contribution in [-0.4, -0.2) is 26.2 Å². The van der Waals surface area contributed by atoms with Gasteiger partial charge in [-0.1, -0.05) is 24.3 Å². The van der Waals surface area contributed by atoms with Crippen LogP contribution < -0.4 is 5.73 Å². The number of ketones is 2. The third-order valence-electron chi connectivity index (χ3n) is 2.48. The highest BCUT2D eigenvalue weighted by Crippen LogP contribution is 2.26. The smallest absolute Gasteiger partial charge is 0.210 e. The molecule has 0 heterocycles. The summed E-state index contributed by atoms with van der Waals surface area (Å²) in [5, 5.41) is 0. The topological polar surface area (TPSA) is 94.3 Å². The third kappa shape index (κ3) is 1.66. The zero-order chi connectivity index (χ0) is 12.8. The van der Waals surface area contributed by atoms with Gasteiger partial charge in [0.2, 0.25) is 11.6 Å². The number of rotatable bonds is 1. The van der Waals surface area contributed by atoms with E-state index in [4.69, 9.17) is 5.73 Å². The lowest BCUT2D eigenvalue weighted by Crippen LogP contribution is -2.29. The van der Waals surface area contributed by atoms with Gasteiger partial charge in [-0.15, -0.1) is 0 Å². The lowest BCUT2D eigenvalue weighted by atomic mass is 9.93. The average Bonchev–Trinajstić information content (AvgIpc) is 2.24. The van der Waals surface area contributed by atoms with Crippen LogP contribution in [-0.2, 0) is 9.84 Å². The maximum Gasteiger partial charge on any atom is 0.210 e. The first-order valence-corrected chi connectivity index (χ1v) is 6.61. The van der Waals surface area contributed by atoms with Crippen molar-refractivity contribution < 1.29 is 18.0 Å². The van der Waals surface area contributed by atoms with Crippen molar-refractivity contribution in [3.63, 3.8) is 0 Å². The highest BCUT2D eigenvalue weighted by molar-refractivity contribution is 7.95. The van der Waals surface area contributed by atoms with Gasteiger partial charge in [0.15, 0.2) is 9.84 Å². The van der Waals surface area contributed by atoms with Gasteiger partial charge in [-0.2, -0.15) is 0 Å². The van der Waals surface area contributed by atoms with Crippen LogP contribution in [0, 0.1) is 0 Å². The molecule has 0 amide bonds. The monoisotopic (exact) mass is 251 g/mol. The third-order valence-corrected chi connectivity index (χ3v) is 3.63. The number of carbonyl (C=O) groups excluding carboxylic acids is 2. The Kier molecular flexibility index (Phi) is 2.39. The Morgan fingerprint density at radius 1 is 1.00 bits per heavy atom. The molecule has 5 nitrogen and oxygen atoms in total. The average molecular weight is 251 g/mol. The Bertz CT molecular complexity index is 670. The minimum absolute atomic E-state index is 0.0760. The number of fused-ring (bicyclic) bond motifs is 1. The van der Waals surface area contributed by atoms with Gasteiger partial charge in [0, 0.05) is 17.4 Å². The number of allylic oxidation sites excluding steroid dienone is 2. The molecule has 17 heavy (non-hydrogen) atoms. The Morgan fingerprint density at radius 2 is 1.47 bits per heavy atom. The zero-order valence-corrected chi connectivity index (χ0v) is 9.74. The Hall–Kier alpha value is -1.95. The fourth-order valence-electron chi connectivity index (χ4n) is 1.74. The SMILES string of the molecule is CS(=O)(=O)C1=C(N)C(=O)c2ccccc2C1=O. The van der Waals surface area contributed by atoms with Gasteiger partial charge in [-0.3, -0.25) is 9.59 Å². The quantitative estimate of drug-likeness (QED) is 0.773. The summed E-state index contributed by atoms with van der Waals surface area (Å²) < 4.78 is 22.9. The first-order valence-electron chi connectivity index (χ1n) is 4.72. The minimum Gasteiger partial charge on any atom is -0.394 e. The number of sulfone groups is 1. The molecule has 88 valence electrons. The standard InChI is InChI=1S/C11H9NO4S/c1-17(15,16)11-8(12)9(13)6-4-2-3-5-7(6)10(11)14/h2-5H,12H2,1H3. The molecule has 0 unspecified atom stereocenters. The predicted molar refractivity (Wildman–Crippen MR) is 61.2 cm³/mol. The van der Waals surface area contributed by atoms with Crippen molar-refractivity contribution in [2.75, 3.05) is 6.26 Å². The van der Waals surface area contributed by atoms with Gasteiger partial charge in [0.1, 0.15) is 10.6 Å². The molecule has 2 rings (SSSR count). The van der Waals surface area contributed by atoms with E-state index in [1.54, 1.807) is 12.1 Å². The van der Waals surface area contributed by atoms with Gasteiger partial charge in [0.05, 0.1) is 0 Å². The Labute approximate surface area is 97.8 Å². The molecule has 1 aliphatic carbocycles. The van der Waals surface area contributed by atoms with Crippen LogP contribution >= 0.6 is 0 Å². The molecule has 0 atom stereocenters. The summed E-state index contributed by atoms with van der Waals surface area (Å²) in [6.07, 6.45) is 0.855. The van der Waals surface area contributed by atoms with E-state index in [9.17, 15) is 18.0 Å². The first kappa shape index (κ1) is 11.5. The molecule has 2 N–H and O–H groups in total. The van der Waals surface area contributed by atoms with Crippen LogP contribution in [0.3, 0.4) is 0 Å². The number of carbonyl (C=O) groups is 2. The Morgan fingerprint density at radius 3 is 1.94 bits per heavy atom. The van der Waals surface area contributed by atoms with Gasteiger partial charge in [-0.25, -0.2) is 8.42 Å². The predicted octanol–water partition coefficient (Wildman–Crippen LogP) is 0.280. The maximum atomic E-state index is 12.0. The number of Topliss-reactive ketones (excluding diaryl/α,β-unsaturated/α-hetero) is 2. The molecule has 0 saturated heterocycles. The van der Waals surface area contributed by atoms with Crippen molar-refractivity contribution in [1.29, 1.82) is 0 Å². The summed E-state index contributed by atoms with van der Waals surface area (Å²) in [6.45, 7) is 0.